The molecule has 2 atom stereocenters. The van der Waals surface area contributed by atoms with E-state index in [1.807, 2.05) is 0 Å². The molecule has 0 amide bonds. The van der Waals surface area contributed by atoms with Gasteiger partial charge in [0.15, 0.2) is 0 Å². The lowest BCUT2D eigenvalue weighted by molar-refractivity contribution is -0.110. The molecule has 0 aromatic heterocycles. The Morgan fingerprint density at radius 1 is 1.17 bits per heavy atom. The molecule has 2 bridgehead atoms. The van der Waals surface area contributed by atoms with Gasteiger partial charge in [0.2, 0.25) is 0 Å². The van der Waals surface area contributed by atoms with Gasteiger partial charge in [-0.25, -0.2) is 0 Å². The van der Waals surface area contributed by atoms with E-state index in [4.69, 9.17) is 4.74 Å². The predicted molar refractivity (Wildman–Crippen MR) is 71.7 cm³/mol. The standard InChI is InChI=1S/C16H22O2/c1-11-4-3-5-12(2)15(11)10-16(17)8-13-6-7-14(9-16)18-13/h3-5,13-14,17H,6-10H2,1-2H3. The van der Waals surface area contributed by atoms with Gasteiger partial charge in [0.1, 0.15) is 0 Å². The molecule has 1 aromatic rings. The smallest absolute Gasteiger partial charge is 0.0737 e. The van der Waals surface area contributed by atoms with E-state index in [1.165, 1.54) is 16.7 Å². The molecule has 0 radical (unpaired) electrons. The minimum absolute atomic E-state index is 0.290. The van der Waals surface area contributed by atoms with Crippen LogP contribution in [0.3, 0.4) is 0 Å². The first-order valence-electron chi connectivity index (χ1n) is 6.99. The van der Waals surface area contributed by atoms with Crippen LogP contribution in [-0.4, -0.2) is 22.9 Å². The fourth-order valence-corrected chi connectivity index (χ4v) is 3.61. The minimum atomic E-state index is -0.555. The van der Waals surface area contributed by atoms with Crippen molar-refractivity contribution in [2.24, 2.45) is 0 Å². The molecule has 2 fully saturated rings. The number of aryl methyl sites for hydroxylation is 2. The predicted octanol–water partition coefficient (Wildman–Crippen LogP) is 2.92. The summed E-state index contributed by atoms with van der Waals surface area (Å²) in [4.78, 5) is 0. The second-order valence-corrected chi connectivity index (χ2v) is 6.14. The number of rotatable bonds is 2. The van der Waals surface area contributed by atoms with Crippen LogP contribution in [0.4, 0.5) is 0 Å². The monoisotopic (exact) mass is 246 g/mol. The molecule has 0 spiro atoms. The Morgan fingerprint density at radius 2 is 1.72 bits per heavy atom. The van der Waals surface area contributed by atoms with Crippen LogP contribution in [0.2, 0.25) is 0 Å². The molecule has 2 heteroatoms. The van der Waals surface area contributed by atoms with Gasteiger partial charge in [-0.05, 0) is 43.4 Å². The summed E-state index contributed by atoms with van der Waals surface area (Å²) in [6.45, 7) is 4.28. The van der Waals surface area contributed by atoms with Crippen LogP contribution in [0.15, 0.2) is 18.2 Å². The van der Waals surface area contributed by atoms with Crippen LogP contribution in [0.25, 0.3) is 0 Å². The highest BCUT2D eigenvalue weighted by atomic mass is 16.5. The van der Waals surface area contributed by atoms with E-state index in [0.717, 1.165) is 32.1 Å². The van der Waals surface area contributed by atoms with Crippen molar-refractivity contribution < 1.29 is 9.84 Å². The van der Waals surface area contributed by atoms with E-state index in [-0.39, 0.29) is 12.2 Å². The van der Waals surface area contributed by atoms with Crippen LogP contribution in [0.5, 0.6) is 0 Å². The summed E-state index contributed by atoms with van der Waals surface area (Å²) in [7, 11) is 0. The molecule has 98 valence electrons. The summed E-state index contributed by atoms with van der Waals surface area (Å²) < 4.78 is 5.83. The zero-order valence-electron chi connectivity index (χ0n) is 11.3. The van der Waals surface area contributed by atoms with Crippen molar-refractivity contribution in [1.82, 2.24) is 0 Å². The summed E-state index contributed by atoms with van der Waals surface area (Å²) in [6, 6.07) is 6.37. The molecule has 18 heavy (non-hydrogen) atoms. The van der Waals surface area contributed by atoms with Crippen LogP contribution >= 0.6 is 0 Å². The highest BCUT2D eigenvalue weighted by molar-refractivity contribution is 5.34. The van der Waals surface area contributed by atoms with E-state index in [2.05, 4.69) is 32.0 Å². The topological polar surface area (TPSA) is 29.5 Å². The average Bonchev–Trinajstić information content (AvgIpc) is 2.64. The quantitative estimate of drug-likeness (QED) is 0.869. The number of hydrogen-bond donors (Lipinski definition) is 1. The van der Waals surface area contributed by atoms with E-state index in [1.54, 1.807) is 0 Å². The highest BCUT2D eigenvalue weighted by Gasteiger charge is 2.43. The van der Waals surface area contributed by atoms with Crippen molar-refractivity contribution in [2.45, 2.75) is 63.8 Å². The Balaban J connectivity index is 1.83. The zero-order valence-corrected chi connectivity index (χ0v) is 11.3. The lowest BCUT2D eigenvalue weighted by Crippen LogP contribution is -2.43. The molecule has 2 nitrogen and oxygen atoms in total. The van der Waals surface area contributed by atoms with Crippen molar-refractivity contribution in [1.29, 1.82) is 0 Å². The lowest BCUT2D eigenvalue weighted by Gasteiger charge is -2.37. The zero-order chi connectivity index (χ0) is 12.8. The van der Waals surface area contributed by atoms with Gasteiger partial charge >= 0.3 is 0 Å². The van der Waals surface area contributed by atoms with Crippen molar-refractivity contribution in [3.8, 4) is 0 Å². The van der Waals surface area contributed by atoms with Crippen molar-refractivity contribution in [3.63, 3.8) is 0 Å². The molecule has 0 aliphatic carbocycles. The Morgan fingerprint density at radius 3 is 2.28 bits per heavy atom. The van der Waals surface area contributed by atoms with Gasteiger partial charge in [0.05, 0.1) is 17.8 Å². The Bertz CT molecular complexity index is 420. The number of aliphatic hydroxyl groups is 1. The molecule has 0 saturated carbocycles. The molecule has 2 heterocycles. The van der Waals surface area contributed by atoms with Crippen molar-refractivity contribution in [2.75, 3.05) is 0 Å². The third kappa shape index (κ3) is 2.19. The van der Waals surface area contributed by atoms with Gasteiger partial charge in [-0.2, -0.15) is 0 Å². The van der Waals surface area contributed by atoms with Gasteiger partial charge in [0.25, 0.3) is 0 Å². The van der Waals surface area contributed by atoms with Crippen LogP contribution in [0, 0.1) is 13.8 Å². The Kier molecular flexibility index (Phi) is 2.95. The fourth-order valence-electron chi connectivity index (χ4n) is 3.61. The second kappa shape index (κ2) is 4.36. The number of benzene rings is 1. The SMILES string of the molecule is Cc1cccc(C)c1CC1(O)CC2CCC(C1)O2. The fraction of sp³-hybridized carbons (Fsp3) is 0.625. The molecular weight excluding hydrogens is 224 g/mol. The molecule has 2 unspecified atom stereocenters. The summed E-state index contributed by atoms with van der Waals surface area (Å²) in [5.74, 6) is 0. The van der Waals surface area contributed by atoms with Crippen LogP contribution < -0.4 is 0 Å². The molecular formula is C16H22O2. The molecule has 2 saturated heterocycles. The molecule has 3 rings (SSSR count). The van der Waals surface area contributed by atoms with Gasteiger partial charge in [-0.3, -0.25) is 0 Å². The van der Waals surface area contributed by atoms with Crippen molar-refractivity contribution >= 4 is 0 Å². The van der Waals surface area contributed by atoms with E-state index < -0.39 is 5.60 Å². The van der Waals surface area contributed by atoms with Gasteiger partial charge in [-0.1, -0.05) is 18.2 Å². The van der Waals surface area contributed by atoms with Gasteiger partial charge < -0.3 is 9.84 Å². The maximum absolute atomic E-state index is 10.9. The third-order valence-electron chi connectivity index (χ3n) is 4.56. The summed E-state index contributed by atoms with van der Waals surface area (Å²) in [5.41, 5.74) is 3.35. The van der Waals surface area contributed by atoms with Crippen molar-refractivity contribution in [3.05, 3.63) is 34.9 Å². The maximum atomic E-state index is 10.9. The second-order valence-electron chi connectivity index (χ2n) is 6.14. The maximum Gasteiger partial charge on any atom is 0.0737 e. The lowest BCUT2D eigenvalue weighted by atomic mass is 9.82. The van der Waals surface area contributed by atoms with Crippen LogP contribution in [0.1, 0.15) is 42.4 Å². The normalized spacial score (nSPS) is 34.8. The Hall–Kier alpha value is -0.860. The number of ether oxygens (including phenoxy) is 1. The average molecular weight is 246 g/mol. The summed E-state index contributed by atoms with van der Waals surface area (Å²) in [5, 5.41) is 10.9. The van der Waals surface area contributed by atoms with E-state index >= 15 is 0 Å². The minimum Gasteiger partial charge on any atom is -0.389 e. The summed E-state index contributed by atoms with van der Waals surface area (Å²) in [6.07, 6.45) is 5.21. The number of hydrogen-bond acceptors (Lipinski definition) is 2. The van der Waals surface area contributed by atoms with Gasteiger partial charge in [-0.15, -0.1) is 0 Å². The first kappa shape index (κ1) is 12.2. The molecule has 1 N–H and O–H groups in total. The van der Waals surface area contributed by atoms with E-state index in [0.29, 0.717) is 0 Å². The first-order chi connectivity index (χ1) is 8.56. The highest BCUT2D eigenvalue weighted by Crippen LogP contribution is 2.40. The van der Waals surface area contributed by atoms with E-state index in [9.17, 15) is 5.11 Å². The molecule has 2 aliphatic heterocycles. The third-order valence-corrected chi connectivity index (χ3v) is 4.56. The largest absolute Gasteiger partial charge is 0.389 e. The Labute approximate surface area is 109 Å². The first-order valence-corrected chi connectivity index (χ1v) is 6.99. The summed E-state index contributed by atoms with van der Waals surface area (Å²) >= 11 is 0. The van der Waals surface area contributed by atoms with Gasteiger partial charge in [0, 0.05) is 19.3 Å². The molecule has 1 aromatic carbocycles. The molecule has 2 aliphatic rings. The van der Waals surface area contributed by atoms with Crippen LogP contribution in [-0.2, 0) is 11.2 Å². The number of fused-ring (bicyclic) bond motifs is 2.